The van der Waals surface area contributed by atoms with Crippen molar-refractivity contribution in [3.8, 4) is 5.75 Å². The fourth-order valence-electron chi connectivity index (χ4n) is 1.62. The Kier molecular flexibility index (Phi) is 3.93. The van der Waals surface area contributed by atoms with Crippen LogP contribution in [0.4, 0.5) is 4.39 Å². The van der Waals surface area contributed by atoms with Crippen LogP contribution in [0.5, 0.6) is 5.75 Å². The molecule has 2 rings (SSSR count). The quantitative estimate of drug-likeness (QED) is 0.924. The molecular weight excluding hydrogens is 251 g/mol. The third-order valence-electron chi connectivity index (χ3n) is 2.48. The highest BCUT2D eigenvalue weighted by atomic mass is 32.1. The Bertz CT molecular complexity index is 540. The zero-order valence-electron chi connectivity index (χ0n) is 10.3. The van der Waals surface area contributed by atoms with Crippen LogP contribution in [0.25, 0.3) is 0 Å². The molecule has 1 atom stereocenters. The Morgan fingerprint density at radius 3 is 2.89 bits per heavy atom. The smallest absolute Gasteiger partial charge is 0.140 e. The molecule has 0 radical (unpaired) electrons. The second kappa shape index (κ2) is 5.46. The van der Waals surface area contributed by atoms with Gasteiger partial charge >= 0.3 is 0 Å². The van der Waals surface area contributed by atoms with E-state index >= 15 is 0 Å². The van der Waals surface area contributed by atoms with E-state index in [4.69, 9.17) is 10.5 Å². The van der Waals surface area contributed by atoms with E-state index in [2.05, 4.69) is 4.98 Å². The molecule has 1 aromatic heterocycles. The van der Waals surface area contributed by atoms with E-state index in [1.54, 1.807) is 6.07 Å². The van der Waals surface area contributed by atoms with Crippen LogP contribution >= 0.6 is 11.3 Å². The van der Waals surface area contributed by atoms with Gasteiger partial charge in [-0.2, -0.15) is 0 Å². The van der Waals surface area contributed by atoms with Crippen molar-refractivity contribution in [1.82, 2.24) is 4.98 Å². The van der Waals surface area contributed by atoms with Crippen LogP contribution < -0.4 is 10.5 Å². The predicted octanol–water partition coefficient (Wildman–Crippen LogP) is 3.19. The maximum Gasteiger partial charge on any atom is 0.140 e. The second-order valence-corrected chi connectivity index (χ2v) is 5.08. The van der Waals surface area contributed by atoms with Gasteiger partial charge in [0.15, 0.2) is 0 Å². The summed E-state index contributed by atoms with van der Waals surface area (Å²) < 4.78 is 18.8. The van der Waals surface area contributed by atoms with Crippen LogP contribution in [-0.2, 0) is 6.61 Å². The zero-order valence-corrected chi connectivity index (χ0v) is 11.1. The molecule has 5 heteroatoms. The Labute approximate surface area is 109 Å². The number of thiazole rings is 1. The van der Waals surface area contributed by atoms with Gasteiger partial charge in [0.05, 0.1) is 0 Å². The number of rotatable bonds is 4. The first-order chi connectivity index (χ1) is 8.56. The van der Waals surface area contributed by atoms with Crippen LogP contribution in [0.3, 0.4) is 0 Å². The molecule has 18 heavy (non-hydrogen) atoms. The molecule has 1 unspecified atom stereocenters. The Morgan fingerprint density at radius 1 is 1.50 bits per heavy atom. The van der Waals surface area contributed by atoms with Crippen molar-refractivity contribution in [2.45, 2.75) is 26.5 Å². The van der Waals surface area contributed by atoms with Gasteiger partial charge in [-0.15, -0.1) is 11.3 Å². The predicted molar refractivity (Wildman–Crippen MR) is 70.2 cm³/mol. The van der Waals surface area contributed by atoms with Crippen LogP contribution in [0.15, 0.2) is 23.6 Å². The molecule has 0 fully saturated rings. The van der Waals surface area contributed by atoms with Crippen LogP contribution in [-0.4, -0.2) is 4.98 Å². The summed E-state index contributed by atoms with van der Waals surface area (Å²) in [4.78, 5) is 4.29. The van der Waals surface area contributed by atoms with Gasteiger partial charge in [-0.1, -0.05) is 6.07 Å². The zero-order chi connectivity index (χ0) is 13.1. The molecule has 0 aliphatic rings. The van der Waals surface area contributed by atoms with E-state index in [1.165, 1.54) is 23.5 Å². The lowest BCUT2D eigenvalue weighted by molar-refractivity contribution is 0.299. The van der Waals surface area contributed by atoms with Gasteiger partial charge in [-0.25, -0.2) is 9.37 Å². The number of hydrogen-bond donors (Lipinski definition) is 1. The normalized spacial score (nSPS) is 12.4. The molecule has 1 aromatic carbocycles. The number of hydrogen-bond acceptors (Lipinski definition) is 4. The van der Waals surface area contributed by atoms with Crippen molar-refractivity contribution in [1.29, 1.82) is 0 Å². The van der Waals surface area contributed by atoms with E-state index in [-0.39, 0.29) is 11.9 Å². The van der Waals surface area contributed by atoms with Gasteiger partial charge in [0.2, 0.25) is 0 Å². The van der Waals surface area contributed by atoms with Crippen molar-refractivity contribution >= 4 is 11.3 Å². The fraction of sp³-hybridized carbons (Fsp3) is 0.308. The number of halogens is 1. The molecule has 0 saturated carbocycles. The van der Waals surface area contributed by atoms with Gasteiger partial charge in [-0.05, 0) is 19.9 Å². The molecule has 0 bridgehead atoms. The highest BCUT2D eigenvalue weighted by molar-refractivity contribution is 7.09. The van der Waals surface area contributed by atoms with E-state index in [1.807, 2.05) is 19.2 Å². The third kappa shape index (κ3) is 3.05. The first-order valence-electron chi connectivity index (χ1n) is 5.65. The average Bonchev–Trinajstić information content (AvgIpc) is 2.72. The van der Waals surface area contributed by atoms with Gasteiger partial charge in [0, 0.05) is 28.7 Å². The van der Waals surface area contributed by atoms with Crippen molar-refractivity contribution in [3.63, 3.8) is 0 Å². The third-order valence-corrected chi connectivity index (χ3v) is 3.42. The number of nitrogens with two attached hydrogens (primary N) is 1. The summed E-state index contributed by atoms with van der Waals surface area (Å²) in [7, 11) is 0. The number of aromatic nitrogens is 1. The first kappa shape index (κ1) is 13.0. The van der Waals surface area contributed by atoms with Crippen molar-refractivity contribution in [3.05, 3.63) is 45.7 Å². The first-order valence-corrected chi connectivity index (χ1v) is 6.53. The molecule has 1 heterocycles. The average molecular weight is 266 g/mol. The summed E-state index contributed by atoms with van der Waals surface area (Å²) in [5.74, 6) is 0.155. The number of aryl methyl sites for hydroxylation is 1. The SMILES string of the molecule is Cc1csc(COc2cc(F)ccc2C(C)N)n1. The highest BCUT2D eigenvalue weighted by Gasteiger charge is 2.10. The summed E-state index contributed by atoms with van der Waals surface area (Å²) in [6.45, 7) is 4.10. The lowest BCUT2D eigenvalue weighted by atomic mass is 10.1. The molecule has 0 aliphatic carbocycles. The highest BCUT2D eigenvalue weighted by Crippen LogP contribution is 2.26. The molecule has 3 nitrogen and oxygen atoms in total. The second-order valence-electron chi connectivity index (χ2n) is 4.14. The molecular formula is C13H15FN2OS. The summed E-state index contributed by atoms with van der Waals surface area (Å²) in [6, 6.07) is 4.21. The van der Waals surface area contributed by atoms with Crippen LogP contribution in [0.2, 0.25) is 0 Å². The van der Waals surface area contributed by atoms with Crippen LogP contribution in [0.1, 0.15) is 29.2 Å². The maximum absolute atomic E-state index is 13.2. The van der Waals surface area contributed by atoms with Gasteiger partial charge in [-0.3, -0.25) is 0 Å². The van der Waals surface area contributed by atoms with E-state index in [9.17, 15) is 4.39 Å². The molecule has 0 aliphatic heterocycles. The minimum absolute atomic E-state index is 0.196. The Hall–Kier alpha value is -1.46. The molecule has 0 spiro atoms. The van der Waals surface area contributed by atoms with E-state index in [0.717, 1.165) is 16.3 Å². The minimum atomic E-state index is -0.329. The van der Waals surface area contributed by atoms with E-state index in [0.29, 0.717) is 12.4 Å². The number of benzene rings is 1. The largest absolute Gasteiger partial charge is 0.486 e. The molecule has 2 N–H and O–H groups in total. The fourth-order valence-corrected chi connectivity index (χ4v) is 2.30. The van der Waals surface area contributed by atoms with Gasteiger partial charge in [0.1, 0.15) is 23.2 Å². The van der Waals surface area contributed by atoms with Crippen molar-refractivity contribution in [2.24, 2.45) is 5.73 Å². The summed E-state index contributed by atoms with van der Waals surface area (Å²) in [6.07, 6.45) is 0. The summed E-state index contributed by atoms with van der Waals surface area (Å²) in [5.41, 5.74) is 7.58. The lowest BCUT2D eigenvalue weighted by Gasteiger charge is -2.13. The Morgan fingerprint density at radius 2 is 2.28 bits per heavy atom. The van der Waals surface area contributed by atoms with E-state index < -0.39 is 0 Å². The van der Waals surface area contributed by atoms with Crippen molar-refractivity contribution in [2.75, 3.05) is 0 Å². The molecule has 96 valence electrons. The monoisotopic (exact) mass is 266 g/mol. The minimum Gasteiger partial charge on any atom is -0.486 e. The maximum atomic E-state index is 13.2. The summed E-state index contributed by atoms with van der Waals surface area (Å²) in [5, 5.41) is 2.82. The van der Waals surface area contributed by atoms with Crippen molar-refractivity contribution < 1.29 is 9.13 Å². The number of ether oxygens (including phenoxy) is 1. The van der Waals surface area contributed by atoms with Crippen LogP contribution in [0, 0.1) is 12.7 Å². The summed E-state index contributed by atoms with van der Waals surface area (Å²) >= 11 is 1.53. The van der Waals surface area contributed by atoms with Gasteiger partial charge < -0.3 is 10.5 Å². The molecule has 0 amide bonds. The molecule has 2 aromatic rings. The van der Waals surface area contributed by atoms with Gasteiger partial charge in [0.25, 0.3) is 0 Å². The topological polar surface area (TPSA) is 48.1 Å². The molecule has 0 saturated heterocycles. The standard InChI is InChI=1S/C13H15FN2OS/c1-8-7-18-13(16-8)6-17-12-5-10(14)3-4-11(12)9(2)15/h3-5,7,9H,6,15H2,1-2H3. The number of nitrogens with zero attached hydrogens (tertiary/aromatic N) is 1. The lowest BCUT2D eigenvalue weighted by Crippen LogP contribution is -2.08. The Balaban J connectivity index is 2.15.